The molecule has 0 aliphatic heterocycles. The van der Waals surface area contributed by atoms with E-state index in [4.69, 9.17) is 10.00 Å². The van der Waals surface area contributed by atoms with Crippen LogP contribution in [-0.2, 0) is 19.1 Å². The molecule has 1 amide bonds. The van der Waals surface area contributed by atoms with Crippen molar-refractivity contribution in [3.63, 3.8) is 0 Å². The van der Waals surface area contributed by atoms with Gasteiger partial charge in [0.1, 0.15) is 18.2 Å². The second-order valence-corrected chi connectivity index (χ2v) is 4.20. The van der Waals surface area contributed by atoms with Crippen molar-refractivity contribution in [2.45, 2.75) is 26.2 Å². The van der Waals surface area contributed by atoms with Gasteiger partial charge in [-0.3, -0.25) is 9.59 Å². The molecule has 0 aliphatic rings. The van der Waals surface area contributed by atoms with E-state index in [1.807, 2.05) is 0 Å². The fourth-order valence-electron chi connectivity index (χ4n) is 1.28. The molecule has 0 saturated heterocycles. The zero-order valence-corrected chi connectivity index (χ0v) is 12.6. The molecule has 0 bridgehead atoms. The van der Waals surface area contributed by atoms with Gasteiger partial charge in [0.15, 0.2) is 0 Å². The van der Waals surface area contributed by atoms with E-state index in [0.29, 0.717) is 19.6 Å². The Bertz CT molecular complexity index is 388. The fraction of sp³-hybridized carbons (Fsp3) is 0.643. The van der Waals surface area contributed by atoms with Crippen LogP contribution in [0.25, 0.3) is 0 Å². The maximum Gasteiger partial charge on any atom is 0.325 e. The van der Waals surface area contributed by atoms with E-state index in [1.165, 1.54) is 13.3 Å². The first-order valence-electron chi connectivity index (χ1n) is 6.92. The van der Waals surface area contributed by atoms with Gasteiger partial charge >= 0.3 is 5.97 Å². The highest BCUT2D eigenvalue weighted by molar-refractivity contribution is 5.97. The summed E-state index contributed by atoms with van der Waals surface area (Å²) in [5.74, 6) is -0.961. The molecule has 7 heteroatoms. The minimum Gasteiger partial charge on any atom is -0.468 e. The Morgan fingerprint density at radius 2 is 2.00 bits per heavy atom. The lowest BCUT2D eigenvalue weighted by Crippen LogP contribution is -2.28. The maximum atomic E-state index is 11.7. The van der Waals surface area contributed by atoms with E-state index in [-0.39, 0.29) is 12.1 Å². The predicted molar refractivity (Wildman–Crippen MR) is 77.1 cm³/mol. The Kier molecular flexibility index (Phi) is 11.7. The third kappa shape index (κ3) is 10.4. The molecular weight excluding hydrogens is 274 g/mol. The van der Waals surface area contributed by atoms with E-state index in [9.17, 15) is 9.59 Å². The summed E-state index contributed by atoms with van der Waals surface area (Å²) in [7, 11) is 1.26. The normalized spacial score (nSPS) is 10.6. The number of nitrogens with one attached hydrogen (secondary N) is 2. The Morgan fingerprint density at radius 1 is 1.29 bits per heavy atom. The number of hydrogen-bond donors (Lipinski definition) is 2. The zero-order valence-electron chi connectivity index (χ0n) is 12.6. The third-order valence-corrected chi connectivity index (χ3v) is 2.48. The highest BCUT2D eigenvalue weighted by Gasteiger charge is 2.08. The summed E-state index contributed by atoms with van der Waals surface area (Å²) in [4.78, 5) is 22.5. The fourth-order valence-corrected chi connectivity index (χ4v) is 1.28. The lowest BCUT2D eigenvalue weighted by atomic mass is 10.3. The number of carbonyl (C=O) groups is 2. The number of esters is 1. The predicted octanol–water partition coefficient (Wildman–Crippen LogP) is 0.479. The van der Waals surface area contributed by atoms with Gasteiger partial charge in [-0.2, -0.15) is 5.26 Å². The van der Waals surface area contributed by atoms with Crippen LogP contribution < -0.4 is 10.6 Å². The zero-order chi connectivity index (χ0) is 15.9. The summed E-state index contributed by atoms with van der Waals surface area (Å²) >= 11 is 0. The SMILES string of the molecule is CCCCOCCCNC(=O)/C(C#N)=C\NCC(=O)OC. The topological polar surface area (TPSA) is 100 Å². The van der Waals surface area contributed by atoms with E-state index in [1.54, 1.807) is 6.07 Å². The minimum absolute atomic E-state index is 0.0918. The van der Waals surface area contributed by atoms with Gasteiger partial charge in [-0.15, -0.1) is 0 Å². The molecule has 0 aromatic rings. The van der Waals surface area contributed by atoms with Crippen molar-refractivity contribution in [2.24, 2.45) is 0 Å². The van der Waals surface area contributed by atoms with Gasteiger partial charge in [0.25, 0.3) is 5.91 Å². The maximum absolute atomic E-state index is 11.7. The number of nitrogens with zero attached hydrogens (tertiary/aromatic N) is 1. The van der Waals surface area contributed by atoms with Gasteiger partial charge in [-0.05, 0) is 12.8 Å². The molecular formula is C14H23N3O4. The van der Waals surface area contributed by atoms with Crippen LogP contribution in [0.5, 0.6) is 0 Å². The molecule has 0 radical (unpaired) electrons. The first kappa shape index (κ1) is 18.9. The van der Waals surface area contributed by atoms with Crippen LogP contribution >= 0.6 is 0 Å². The average Bonchev–Trinajstić information content (AvgIpc) is 2.50. The number of nitriles is 1. The summed E-state index contributed by atoms with van der Waals surface area (Å²) < 4.78 is 9.77. The molecule has 0 fully saturated rings. The summed E-state index contributed by atoms with van der Waals surface area (Å²) in [5, 5.41) is 14.0. The molecule has 7 nitrogen and oxygen atoms in total. The molecule has 0 aromatic carbocycles. The number of carbonyl (C=O) groups excluding carboxylic acids is 2. The van der Waals surface area contributed by atoms with Crippen LogP contribution in [0.15, 0.2) is 11.8 Å². The number of amides is 1. The molecule has 0 spiro atoms. The molecule has 118 valence electrons. The smallest absolute Gasteiger partial charge is 0.325 e. The van der Waals surface area contributed by atoms with Gasteiger partial charge < -0.3 is 20.1 Å². The van der Waals surface area contributed by atoms with Gasteiger partial charge in [-0.1, -0.05) is 13.3 Å². The summed E-state index contributed by atoms with van der Waals surface area (Å²) in [6.07, 6.45) is 4.00. The van der Waals surface area contributed by atoms with Crippen molar-refractivity contribution in [3.05, 3.63) is 11.8 Å². The molecule has 0 heterocycles. The van der Waals surface area contributed by atoms with Crippen LogP contribution in [-0.4, -0.2) is 45.3 Å². The molecule has 2 N–H and O–H groups in total. The molecule has 0 aromatic heterocycles. The van der Waals surface area contributed by atoms with E-state index in [0.717, 1.165) is 19.4 Å². The highest BCUT2D eigenvalue weighted by Crippen LogP contribution is 1.92. The number of ether oxygens (including phenoxy) is 2. The Hall–Kier alpha value is -2.07. The van der Waals surface area contributed by atoms with Crippen LogP contribution in [0.4, 0.5) is 0 Å². The average molecular weight is 297 g/mol. The van der Waals surface area contributed by atoms with Gasteiger partial charge in [0.05, 0.1) is 7.11 Å². The summed E-state index contributed by atoms with van der Waals surface area (Å²) in [6.45, 7) is 3.73. The Morgan fingerprint density at radius 3 is 2.62 bits per heavy atom. The third-order valence-electron chi connectivity index (χ3n) is 2.48. The van der Waals surface area contributed by atoms with Crippen molar-refractivity contribution in [1.29, 1.82) is 5.26 Å². The van der Waals surface area contributed by atoms with Crippen molar-refractivity contribution in [3.8, 4) is 6.07 Å². The van der Waals surface area contributed by atoms with Gasteiger partial charge in [0.2, 0.25) is 0 Å². The van der Waals surface area contributed by atoms with Crippen LogP contribution in [0.3, 0.4) is 0 Å². The second kappa shape index (κ2) is 12.9. The van der Waals surface area contributed by atoms with Crippen molar-refractivity contribution in [1.82, 2.24) is 10.6 Å². The minimum atomic E-state index is -0.483. The van der Waals surface area contributed by atoms with E-state index >= 15 is 0 Å². The van der Waals surface area contributed by atoms with Crippen molar-refractivity contribution < 1.29 is 19.1 Å². The van der Waals surface area contributed by atoms with E-state index in [2.05, 4.69) is 22.3 Å². The first-order valence-corrected chi connectivity index (χ1v) is 6.92. The summed E-state index contributed by atoms with van der Waals surface area (Å²) in [6, 6.07) is 1.77. The standard InChI is InChI=1S/C14H23N3O4/c1-3-4-7-21-8-5-6-17-14(19)12(9-15)10-16-11-13(18)20-2/h10,16H,3-8,11H2,1-2H3,(H,17,19)/b12-10-. The lowest BCUT2D eigenvalue weighted by molar-refractivity contribution is -0.139. The van der Waals surface area contributed by atoms with Gasteiger partial charge in [-0.25, -0.2) is 0 Å². The first-order chi connectivity index (χ1) is 10.2. The Balaban J connectivity index is 3.87. The summed E-state index contributed by atoms with van der Waals surface area (Å²) in [5.41, 5.74) is -0.0918. The van der Waals surface area contributed by atoms with Crippen LogP contribution in [0, 0.1) is 11.3 Å². The molecule has 0 rings (SSSR count). The molecule has 21 heavy (non-hydrogen) atoms. The lowest BCUT2D eigenvalue weighted by Gasteiger charge is -2.05. The molecule has 0 unspecified atom stereocenters. The van der Waals surface area contributed by atoms with Gasteiger partial charge in [0, 0.05) is 26.0 Å². The van der Waals surface area contributed by atoms with Crippen LogP contribution in [0.1, 0.15) is 26.2 Å². The number of methoxy groups -OCH3 is 1. The van der Waals surface area contributed by atoms with Crippen LogP contribution in [0.2, 0.25) is 0 Å². The Labute approximate surface area is 125 Å². The second-order valence-electron chi connectivity index (χ2n) is 4.20. The number of hydrogen-bond acceptors (Lipinski definition) is 6. The highest BCUT2D eigenvalue weighted by atomic mass is 16.5. The number of rotatable bonds is 11. The molecule has 0 aliphatic carbocycles. The quantitative estimate of drug-likeness (QED) is 0.249. The number of unbranched alkanes of at least 4 members (excludes halogenated alkanes) is 1. The van der Waals surface area contributed by atoms with Crippen molar-refractivity contribution >= 4 is 11.9 Å². The molecule has 0 saturated carbocycles. The molecule has 0 atom stereocenters. The van der Waals surface area contributed by atoms with E-state index < -0.39 is 11.9 Å². The largest absolute Gasteiger partial charge is 0.468 e. The van der Waals surface area contributed by atoms with Crippen molar-refractivity contribution in [2.75, 3.05) is 33.4 Å². The monoisotopic (exact) mass is 297 g/mol.